The first kappa shape index (κ1) is 14.9. The van der Waals surface area contributed by atoms with Gasteiger partial charge in [-0.25, -0.2) is 0 Å². The van der Waals surface area contributed by atoms with Gasteiger partial charge in [0.2, 0.25) is 0 Å². The predicted molar refractivity (Wildman–Crippen MR) is 71.4 cm³/mol. The SMILES string of the molecule is CC(C)NCC1(OCCOC(C)C)CCCC1. The quantitative estimate of drug-likeness (QED) is 0.665. The Kier molecular flexibility index (Phi) is 6.45. The summed E-state index contributed by atoms with van der Waals surface area (Å²) in [5, 5.41) is 3.51. The van der Waals surface area contributed by atoms with Gasteiger partial charge in [-0.1, -0.05) is 26.7 Å². The highest BCUT2D eigenvalue weighted by Crippen LogP contribution is 2.32. The maximum atomic E-state index is 6.10. The van der Waals surface area contributed by atoms with E-state index in [0.717, 1.165) is 13.2 Å². The molecule has 0 aliphatic heterocycles. The fourth-order valence-electron chi connectivity index (χ4n) is 2.32. The van der Waals surface area contributed by atoms with Gasteiger partial charge in [0.1, 0.15) is 0 Å². The lowest BCUT2D eigenvalue weighted by Gasteiger charge is -2.31. The summed E-state index contributed by atoms with van der Waals surface area (Å²) in [5.41, 5.74) is 0.0740. The first-order chi connectivity index (χ1) is 8.04. The van der Waals surface area contributed by atoms with E-state index in [9.17, 15) is 0 Å². The second-order valence-corrected chi connectivity index (χ2v) is 5.69. The molecular weight excluding hydrogens is 214 g/mol. The van der Waals surface area contributed by atoms with Crippen molar-refractivity contribution >= 4 is 0 Å². The summed E-state index contributed by atoms with van der Waals surface area (Å²) in [6, 6.07) is 0.531. The van der Waals surface area contributed by atoms with Crippen LogP contribution in [0.5, 0.6) is 0 Å². The molecule has 1 saturated carbocycles. The molecule has 0 heterocycles. The Morgan fingerprint density at radius 1 is 1.06 bits per heavy atom. The molecule has 0 spiro atoms. The van der Waals surface area contributed by atoms with Gasteiger partial charge in [-0.05, 0) is 26.7 Å². The molecule has 0 aromatic carbocycles. The summed E-state index contributed by atoms with van der Waals surface area (Å²) in [4.78, 5) is 0. The molecule has 1 aliphatic rings. The largest absolute Gasteiger partial charge is 0.376 e. The first-order valence-electron chi connectivity index (χ1n) is 7.03. The van der Waals surface area contributed by atoms with Crippen LogP contribution < -0.4 is 5.32 Å². The normalized spacial score (nSPS) is 19.4. The smallest absolute Gasteiger partial charge is 0.0807 e. The van der Waals surface area contributed by atoms with Gasteiger partial charge in [0.15, 0.2) is 0 Å². The lowest BCUT2D eigenvalue weighted by molar-refractivity contribution is -0.0707. The Hall–Kier alpha value is -0.120. The number of nitrogens with one attached hydrogen (secondary N) is 1. The van der Waals surface area contributed by atoms with E-state index in [0.29, 0.717) is 18.8 Å². The molecule has 0 aromatic heterocycles. The minimum absolute atomic E-state index is 0.0740. The highest BCUT2D eigenvalue weighted by molar-refractivity contribution is 4.89. The van der Waals surface area contributed by atoms with Crippen LogP contribution in [-0.2, 0) is 9.47 Å². The van der Waals surface area contributed by atoms with E-state index in [-0.39, 0.29) is 5.60 Å². The van der Waals surface area contributed by atoms with E-state index in [4.69, 9.17) is 9.47 Å². The van der Waals surface area contributed by atoms with Crippen molar-refractivity contribution in [2.45, 2.75) is 71.1 Å². The van der Waals surface area contributed by atoms with Crippen LogP contribution in [0, 0.1) is 0 Å². The summed E-state index contributed by atoms with van der Waals surface area (Å²) in [6.45, 7) is 10.9. The van der Waals surface area contributed by atoms with Crippen LogP contribution in [0.15, 0.2) is 0 Å². The summed E-state index contributed by atoms with van der Waals surface area (Å²) in [7, 11) is 0. The van der Waals surface area contributed by atoms with Crippen molar-refractivity contribution in [3.8, 4) is 0 Å². The lowest BCUT2D eigenvalue weighted by atomic mass is 10.0. The van der Waals surface area contributed by atoms with E-state index in [1.54, 1.807) is 0 Å². The molecule has 102 valence electrons. The van der Waals surface area contributed by atoms with Crippen molar-refractivity contribution in [3.05, 3.63) is 0 Å². The van der Waals surface area contributed by atoms with Crippen molar-refractivity contribution in [3.63, 3.8) is 0 Å². The van der Waals surface area contributed by atoms with Gasteiger partial charge in [-0.3, -0.25) is 0 Å². The monoisotopic (exact) mass is 243 g/mol. The third-order valence-electron chi connectivity index (χ3n) is 3.29. The minimum atomic E-state index is 0.0740. The van der Waals surface area contributed by atoms with Crippen LogP contribution in [0.3, 0.4) is 0 Å². The molecule has 0 unspecified atom stereocenters. The maximum absolute atomic E-state index is 6.10. The lowest BCUT2D eigenvalue weighted by Crippen LogP contribution is -2.43. The Bertz CT molecular complexity index is 198. The zero-order valence-electron chi connectivity index (χ0n) is 11.9. The predicted octanol–water partition coefficient (Wildman–Crippen LogP) is 2.74. The molecule has 0 atom stereocenters. The van der Waals surface area contributed by atoms with Crippen LogP contribution in [-0.4, -0.2) is 37.5 Å². The first-order valence-corrected chi connectivity index (χ1v) is 7.03. The summed E-state index contributed by atoms with van der Waals surface area (Å²) in [6.07, 6.45) is 5.27. The highest BCUT2D eigenvalue weighted by Gasteiger charge is 2.34. The zero-order valence-corrected chi connectivity index (χ0v) is 11.9. The molecule has 1 aliphatic carbocycles. The van der Waals surface area contributed by atoms with Gasteiger partial charge < -0.3 is 14.8 Å². The van der Waals surface area contributed by atoms with Crippen LogP contribution >= 0.6 is 0 Å². The van der Waals surface area contributed by atoms with Gasteiger partial charge in [0.05, 0.1) is 24.9 Å². The van der Waals surface area contributed by atoms with E-state index in [2.05, 4.69) is 33.0 Å². The van der Waals surface area contributed by atoms with Gasteiger partial charge >= 0.3 is 0 Å². The summed E-state index contributed by atoms with van der Waals surface area (Å²) < 4.78 is 11.6. The molecule has 3 heteroatoms. The van der Waals surface area contributed by atoms with Crippen LogP contribution in [0.25, 0.3) is 0 Å². The standard InChI is InChI=1S/C14H29NO2/c1-12(2)15-11-14(7-5-6-8-14)17-10-9-16-13(3)4/h12-13,15H,5-11H2,1-4H3. The molecule has 1 rings (SSSR count). The average molecular weight is 243 g/mol. The summed E-state index contributed by atoms with van der Waals surface area (Å²) >= 11 is 0. The molecule has 0 amide bonds. The average Bonchev–Trinajstić information content (AvgIpc) is 2.71. The third-order valence-corrected chi connectivity index (χ3v) is 3.29. The van der Waals surface area contributed by atoms with Gasteiger partial charge in [0.25, 0.3) is 0 Å². The third kappa shape index (κ3) is 5.84. The van der Waals surface area contributed by atoms with E-state index >= 15 is 0 Å². The van der Waals surface area contributed by atoms with Gasteiger partial charge in [-0.2, -0.15) is 0 Å². The molecule has 3 nitrogen and oxygen atoms in total. The van der Waals surface area contributed by atoms with Crippen LogP contribution in [0.2, 0.25) is 0 Å². The molecule has 17 heavy (non-hydrogen) atoms. The molecular formula is C14H29NO2. The van der Waals surface area contributed by atoms with Crippen molar-refractivity contribution in [1.29, 1.82) is 0 Å². The molecule has 0 saturated heterocycles. The second kappa shape index (κ2) is 7.34. The topological polar surface area (TPSA) is 30.5 Å². The van der Waals surface area contributed by atoms with Crippen LogP contribution in [0.4, 0.5) is 0 Å². The van der Waals surface area contributed by atoms with E-state index < -0.39 is 0 Å². The Morgan fingerprint density at radius 3 is 2.24 bits per heavy atom. The van der Waals surface area contributed by atoms with Crippen LogP contribution in [0.1, 0.15) is 53.4 Å². The molecule has 0 bridgehead atoms. The molecule has 0 aromatic rings. The molecule has 1 fully saturated rings. The Labute approximate surface area is 106 Å². The van der Waals surface area contributed by atoms with Crippen molar-refractivity contribution in [2.24, 2.45) is 0 Å². The number of ether oxygens (including phenoxy) is 2. The fraction of sp³-hybridized carbons (Fsp3) is 1.00. The van der Waals surface area contributed by atoms with Gasteiger partial charge in [-0.15, -0.1) is 0 Å². The highest BCUT2D eigenvalue weighted by atomic mass is 16.5. The zero-order chi connectivity index (χ0) is 12.7. The maximum Gasteiger partial charge on any atom is 0.0807 e. The Morgan fingerprint density at radius 2 is 1.71 bits per heavy atom. The van der Waals surface area contributed by atoms with Crippen molar-refractivity contribution in [1.82, 2.24) is 5.32 Å². The number of hydrogen-bond acceptors (Lipinski definition) is 3. The molecule has 0 radical (unpaired) electrons. The van der Waals surface area contributed by atoms with E-state index in [1.807, 2.05) is 0 Å². The van der Waals surface area contributed by atoms with Crippen molar-refractivity contribution in [2.75, 3.05) is 19.8 Å². The number of hydrogen-bond donors (Lipinski definition) is 1. The minimum Gasteiger partial charge on any atom is -0.376 e. The number of rotatable bonds is 8. The molecule has 1 N–H and O–H groups in total. The van der Waals surface area contributed by atoms with Gasteiger partial charge in [0, 0.05) is 12.6 Å². The fourth-order valence-corrected chi connectivity index (χ4v) is 2.32. The van der Waals surface area contributed by atoms with E-state index in [1.165, 1.54) is 25.7 Å². The van der Waals surface area contributed by atoms with Crippen molar-refractivity contribution < 1.29 is 9.47 Å². The second-order valence-electron chi connectivity index (χ2n) is 5.69. The summed E-state index contributed by atoms with van der Waals surface area (Å²) in [5.74, 6) is 0. The Balaban J connectivity index is 2.27.